The van der Waals surface area contributed by atoms with E-state index in [0.717, 1.165) is 68.3 Å². The quantitative estimate of drug-likeness (QED) is 0.411. The topological polar surface area (TPSA) is 119 Å². The fourth-order valence-corrected chi connectivity index (χ4v) is 5.18. The molecular formula is C27H29N9O2. The number of aliphatic hydroxyl groups excluding tert-OH is 1. The third-order valence-electron chi connectivity index (χ3n) is 7.27. The number of β-amino-alcohol motifs (C(OH)–C–C–N with tert-alkyl or cyclic N) is 1. The van der Waals surface area contributed by atoms with Gasteiger partial charge in [-0.3, -0.25) is 9.88 Å². The molecule has 0 aromatic carbocycles. The predicted molar refractivity (Wildman–Crippen MR) is 142 cm³/mol. The molecule has 2 aliphatic heterocycles. The standard InChI is InChI=1S/C27H29N9O2/c1-38-26-3-2-19(12-31-26)16-33-6-8-34(9-7-33)25-15-29-24(14-30-25)23-10-21(35-5-4-22(37)18-35)17-36-27(23)20(11-28)13-32-36/h2-3,10,12-15,17,22,37H,4-9,16,18H2,1H3/t22-/m1/s1. The van der Waals surface area contributed by atoms with Gasteiger partial charge in [0.05, 0.1) is 60.5 Å². The lowest BCUT2D eigenvalue weighted by molar-refractivity contribution is 0.198. The summed E-state index contributed by atoms with van der Waals surface area (Å²) in [5.74, 6) is 1.46. The Hall–Kier alpha value is -4.27. The van der Waals surface area contributed by atoms with Gasteiger partial charge in [-0.25, -0.2) is 14.5 Å². The van der Waals surface area contributed by atoms with Gasteiger partial charge in [0.1, 0.15) is 11.9 Å². The number of fused-ring (bicyclic) bond motifs is 1. The van der Waals surface area contributed by atoms with Gasteiger partial charge < -0.3 is 19.6 Å². The first kappa shape index (κ1) is 24.1. The number of ether oxygens (including phenoxy) is 1. The number of pyridine rings is 2. The van der Waals surface area contributed by atoms with Gasteiger partial charge in [0.15, 0.2) is 0 Å². The van der Waals surface area contributed by atoms with Crippen LogP contribution in [0.2, 0.25) is 0 Å². The van der Waals surface area contributed by atoms with Crippen molar-refractivity contribution in [3.05, 3.63) is 60.3 Å². The number of hydrogen-bond donors (Lipinski definition) is 1. The largest absolute Gasteiger partial charge is 0.481 e. The van der Waals surface area contributed by atoms with E-state index in [4.69, 9.17) is 14.7 Å². The van der Waals surface area contributed by atoms with E-state index in [-0.39, 0.29) is 6.10 Å². The van der Waals surface area contributed by atoms with E-state index >= 15 is 0 Å². The van der Waals surface area contributed by atoms with Gasteiger partial charge in [-0.05, 0) is 18.1 Å². The molecule has 11 heteroatoms. The Balaban J connectivity index is 1.19. The highest BCUT2D eigenvalue weighted by molar-refractivity contribution is 5.85. The van der Waals surface area contributed by atoms with Gasteiger partial charge in [0.25, 0.3) is 0 Å². The maximum Gasteiger partial charge on any atom is 0.212 e. The van der Waals surface area contributed by atoms with Crippen LogP contribution in [0.15, 0.2) is 49.2 Å². The molecule has 11 nitrogen and oxygen atoms in total. The number of anilines is 2. The average molecular weight is 512 g/mol. The highest BCUT2D eigenvalue weighted by Gasteiger charge is 2.24. The van der Waals surface area contributed by atoms with E-state index in [9.17, 15) is 10.4 Å². The third kappa shape index (κ3) is 4.71. The van der Waals surface area contributed by atoms with Crippen LogP contribution in [-0.4, -0.2) is 87.1 Å². The highest BCUT2D eigenvalue weighted by atomic mass is 16.5. The zero-order chi connectivity index (χ0) is 26.1. The van der Waals surface area contributed by atoms with Crippen LogP contribution < -0.4 is 14.5 Å². The summed E-state index contributed by atoms with van der Waals surface area (Å²) >= 11 is 0. The van der Waals surface area contributed by atoms with E-state index in [1.54, 1.807) is 24.0 Å². The number of nitrogens with zero attached hydrogens (tertiary/aromatic N) is 9. The summed E-state index contributed by atoms with van der Waals surface area (Å²) in [5.41, 5.74) is 4.78. The maximum absolute atomic E-state index is 10.0. The number of nitriles is 1. The van der Waals surface area contributed by atoms with Crippen LogP contribution in [0.5, 0.6) is 5.88 Å². The smallest absolute Gasteiger partial charge is 0.212 e. The minimum absolute atomic E-state index is 0.339. The lowest BCUT2D eigenvalue weighted by Crippen LogP contribution is -2.46. The van der Waals surface area contributed by atoms with Crippen LogP contribution in [0.25, 0.3) is 16.8 Å². The fraction of sp³-hybridized carbons (Fsp3) is 0.370. The molecule has 0 saturated carbocycles. The first-order valence-corrected chi connectivity index (χ1v) is 12.7. The second-order valence-corrected chi connectivity index (χ2v) is 9.70. The lowest BCUT2D eigenvalue weighted by atomic mass is 10.1. The SMILES string of the molecule is COc1ccc(CN2CCN(c3cnc(-c4cc(N5CC[C@@H](O)C5)cn5ncc(C#N)c45)cn3)CC2)cn1. The summed E-state index contributed by atoms with van der Waals surface area (Å²) in [6.45, 7) is 5.74. The molecule has 4 aromatic rings. The molecule has 0 amide bonds. The second kappa shape index (κ2) is 10.2. The Morgan fingerprint density at radius 1 is 1.03 bits per heavy atom. The van der Waals surface area contributed by atoms with Crippen molar-refractivity contribution >= 4 is 17.0 Å². The number of piperazine rings is 1. The van der Waals surface area contributed by atoms with Crippen molar-refractivity contribution in [2.24, 2.45) is 0 Å². The van der Waals surface area contributed by atoms with Crippen LogP contribution in [0.3, 0.4) is 0 Å². The van der Waals surface area contributed by atoms with Crippen LogP contribution in [0, 0.1) is 11.3 Å². The van der Waals surface area contributed by atoms with Crippen molar-refractivity contribution < 1.29 is 9.84 Å². The van der Waals surface area contributed by atoms with E-state index < -0.39 is 0 Å². The Kier molecular flexibility index (Phi) is 6.49. The van der Waals surface area contributed by atoms with Crippen molar-refractivity contribution in [1.82, 2.24) is 29.5 Å². The van der Waals surface area contributed by atoms with E-state index in [2.05, 4.69) is 36.9 Å². The Labute approximate surface area is 220 Å². The molecule has 2 saturated heterocycles. The van der Waals surface area contributed by atoms with Gasteiger partial charge in [-0.1, -0.05) is 6.07 Å². The van der Waals surface area contributed by atoms with E-state index in [1.807, 2.05) is 30.7 Å². The minimum Gasteiger partial charge on any atom is -0.481 e. The third-order valence-corrected chi connectivity index (χ3v) is 7.27. The molecule has 6 rings (SSSR count). The van der Waals surface area contributed by atoms with Crippen molar-refractivity contribution in [1.29, 1.82) is 5.26 Å². The molecule has 0 spiro atoms. The summed E-state index contributed by atoms with van der Waals surface area (Å²) in [6.07, 6.45) is 9.32. The monoisotopic (exact) mass is 511 g/mol. The normalized spacial score (nSPS) is 18.2. The second-order valence-electron chi connectivity index (χ2n) is 9.70. The van der Waals surface area contributed by atoms with Crippen LogP contribution in [0.1, 0.15) is 17.5 Å². The predicted octanol–water partition coefficient (Wildman–Crippen LogP) is 1.96. The first-order valence-electron chi connectivity index (χ1n) is 12.7. The number of methoxy groups -OCH3 is 1. The van der Waals surface area contributed by atoms with Gasteiger partial charge >= 0.3 is 0 Å². The summed E-state index contributed by atoms with van der Waals surface area (Å²) in [5, 5.41) is 24.1. The minimum atomic E-state index is -0.339. The summed E-state index contributed by atoms with van der Waals surface area (Å²) in [6, 6.07) is 8.21. The first-order chi connectivity index (χ1) is 18.6. The molecule has 1 N–H and O–H groups in total. The fourth-order valence-electron chi connectivity index (χ4n) is 5.18. The number of aliphatic hydroxyl groups is 1. The molecule has 2 aliphatic rings. The number of rotatable bonds is 6. The van der Waals surface area contributed by atoms with Crippen LogP contribution in [0.4, 0.5) is 11.5 Å². The van der Waals surface area contributed by atoms with E-state index in [0.29, 0.717) is 29.2 Å². The molecule has 4 aromatic heterocycles. The molecule has 0 unspecified atom stereocenters. The summed E-state index contributed by atoms with van der Waals surface area (Å²) in [7, 11) is 1.62. The lowest BCUT2D eigenvalue weighted by Gasteiger charge is -2.35. The highest BCUT2D eigenvalue weighted by Crippen LogP contribution is 2.32. The van der Waals surface area contributed by atoms with Gasteiger partial charge in [0, 0.05) is 63.6 Å². The molecule has 0 aliphatic carbocycles. The van der Waals surface area contributed by atoms with E-state index in [1.165, 1.54) is 0 Å². The van der Waals surface area contributed by atoms with Gasteiger partial charge in [-0.2, -0.15) is 10.4 Å². The molecule has 0 bridgehead atoms. The Morgan fingerprint density at radius 2 is 1.89 bits per heavy atom. The van der Waals surface area contributed by atoms with Crippen LogP contribution in [-0.2, 0) is 6.54 Å². The molecular weight excluding hydrogens is 482 g/mol. The molecule has 38 heavy (non-hydrogen) atoms. The van der Waals surface area contributed by atoms with Crippen LogP contribution >= 0.6 is 0 Å². The summed E-state index contributed by atoms with van der Waals surface area (Å²) < 4.78 is 6.87. The number of aromatic nitrogens is 5. The molecule has 2 fully saturated rings. The van der Waals surface area contributed by atoms with Gasteiger partial charge in [0.2, 0.25) is 5.88 Å². The van der Waals surface area contributed by atoms with Gasteiger partial charge in [-0.15, -0.1) is 0 Å². The Morgan fingerprint density at radius 3 is 2.55 bits per heavy atom. The Bertz CT molecular complexity index is 1460. The number of hydrogen-bond acceptors (Lipinski definition) is 10. The summed E-state index contributed by atoms with van der Waals surface area (Å²) in [4.78, 5) is 20.6. The van der Waals surface area contributed by atoms with Crippen molar-refractivity contribution in [3.63, 3.8) is 0 Å². The molecule has 6 heterocycles. The average Bonchev–Trinajstić information content (AvgIpc) is 3.59. The van der Waals surface area contributed by atoms with Crippen molar-refractivity contribution in [2.45, 2.75) is 19.1 Å². The molecule has 1 atom stereocenters. The molecule has 0 radical (unpaired) electrons. The zero-order valence-corrected chi connectivity index (χ0v) is 21.2. The molecule has 194 valence electrons. The van der Waals surface area contributed by atoms with Crippen molar-refractivity contribution in [3.8, 4) is 23.2 Å². The van der Waals surface area contributed by atoms with Crippen molar-refractivity contribution in [2.75, 3.05) is 56.2 Å². The maximum atomic E-state index is 10.0. The zero-order valence-electron chi connectivity index (χ0n) is 21.2.